The predicted octanol–water partition coefficient (Wildman–Crippen LogP) is 2.11. The fraction of sp³-hybridized carbons (Fsp3) is 0.286. The summed E-state index contributed by atoms with van der Waals surface area (Å²) in [5.74, 6) is 0. The van der Waals surface area contributed by atoms with Crippen LogP contribution in [0, 0.1) is 6.92 Å². The number of pyridine rings is 1. The third-order valence-corrected chi connectivity index (χ3v) is 2.05. The van der Waals surface area contributed by atoms with Crippen molar-refractivity contribution in [2.75, 3.05) is 6.26 Å². The summed E-state index contributed by atoms with van der Waals surface area (Å²) in [6.45, 7) is 2.02. The Morgan fingerprint density at radius 2 is 2.33 bits per heavy atom. The van der Waals surface area contributed by atoms with Gasteiger partial charge in [-0.1, -0.05) is 0 Å². The zero-order chi connectivity index (χ0) is 6.69. The predicted molar refractivity (Wildman–Crippen MR) is 40.8 cm³/mol. The topological polar surface area (TPSA) is 12.9 Å². The van der Waals surface area contributed by atoms with E-state index in [4.69, 9.17) is 0 Å². The quantitative estimate of drug-likeness (QED) is 0.553. The van der Waals surface area contributed by atoms with Gasteiger partial charge in [0.15, 0.2) is 0 Å². The first-order valence-electron chi connectivity index (χ1n) is 2.80. The third kappa shape index (κ3) is 1.45. The van der Waals surface area contributed by atoms with Gasteiger partial charge in [-0.15, -0.1) is 11.8 Å². The maximum absolute atomic E-state index is 4.13. The van der Waals surface area contributed by atoms with Crippen molar-refractivity contribution in [2.45, 2.75) is 11.8 Å². The third-order valence-electron chi connectivity index (χ3n) is 1.18. The van der Waals surface area contributed by atoms with Crippen LogP contribution in [0.1, 0.15) is 5.69 Å². The molecule has 9 heavy (non-hydrogen) atoms. The SMILES string of the molecule is CSc1cccnc1C. The Hall–Kier alpha value is -0.500. The number of hydrogen-bond acceptors (Lipinski definition) is 2. The van der Waals surface area contributed by atoms with Crippen molar-refractivity contribution in [1.29, 1.82) is 0 Å². The standard InChI is InChI=1S/C7H9NS/c1-6-7(9-2)4-3-5-8-6/h3-5H,1-2H3. The molecular formula is C7H9NS. The van der Waals surface area contributed by atoms with Gasteiger partial charge in [0, 0.05) is 11.1 Å². The van der Waals surface area contributed by atoms with Gasteiger partial charge in [0.2, 0.25) is 0 Å². The van der Waals surface area contributed by atoms with Gasteiger partial charge < -0.3 is 0 Å². The zero-order valence-electron chi connectivity index (χ0n) is 5.59. The molecule has 1 nitrogen and oxygen atoms in total. The number of hydrogen-bond donors (Lipinski definition) is 0. The number of aryl methyl sites for hydroxylation is 1. The summed E-state index contributed by atoms with van der Waals surface area (Å²) in [4.78, 5) is 5.39. The smallest absolute Gasteiger partial charge is 0.0508 e. The Morgan fingerprint density at radius 3 is 2.78 bits per heavy atom. The fourth-order valence-corrected chi connectivity index (χ4v) is 1.25. The first-order chi connectivity index (χ1) is 4.34. The van der Waals surface area contributed by atoms with Crippen LogP contribution in [0.4, 0.5) is 0 Å². The summed E-state index contributed by atoms with van der Waals surface area (Å²) in [5.41, 5.74) is 1.12. The van der Waals surface area contributed by atoms with E-state index in [1.807, 2.05) is 19.2 Å². The maximum Gasteiger partial charge on any atom is 0.0508 e. The average molecular weight is 139 g/mol. The summed E-state index contributed by atoms with van der Waals surface area (Å²) < 4.78 is 0. The van der Waals surface area contributed by atoms with Crippen LogP contribution in [0.2, 0.25) is 0 Å². The van der Waals surface area contributed by atoms with Crippen molar-refractivity contribution >= 4 is 11.8 Å². The highest BCUT2D eigenvalue weighted by Gasteiger charge is 1.91. The van der Waals surface area contributed by atoms with Crippen LogP contribution >= 0.6 is 11.8 Å². The molecule has 0 amide bonds. The van der Waals surface area contributed by atoms with Gasteiger partial charge in [-0.3, -0.25) is 4.98 Å². The van der Waals surface area contributed by atoms with Crippen molar-refractivity contribution in [3.63, 3.8) is 0 Å². The first-order valence-corrected chi connectivity index (χ1v) is 4.02. The molecule has 1 aromatic heterocycles. The van der Waals surface area contributed by atoms with Crippen LogP contribution in [-0.2, 0) is 0 Å². The molecule has 2 heteroatoms. The molecule has 0 aliphatic heterocycles. The molecule has 0 bridgehead atoms. The van der Waals surface area contributed by atoms with Crippen molar-refractivity contribution in [2.24, 2.45) is 0 Å². The van der Waals surface area contributed by atoms with Gasteiger partial charge in [-0.25, -0.2) is 0 Å². The Morgan fingerprint density at radius 1 is 1.56 bits per heavy atom. The lowest BCUT2D eigenvalue weighted by molar-refractivity contribution is 1.12. The van der Waals surface area contributed by atoms with Crippen molar-refractivity contribution < 1.29 is 0 Å². The molecule has 0 aliphatic rings. The summed E-state index contributed by atoms with van der Waals surface area (Å²) in [6.07, 6.45) is 3.87. The Kier molecular flexibility index (Phi) is 2.11. The Labute approximate surface area is 59.5 Å². The lowest BCUT2D eigenvalue weighted by Gasteiger charge is -1.96. The molecule has 0 aliphatic carbocycles. The lowest BCUT2D eigenvalue weighted by atomic mass is 10.4. The van der Waals surface area contributed by atoms with Crippen LogP contribution in [0.5, 0.6) is 0 Å². The second kappa shape index (κ2) is 2.87. The maximum atomic E-state index is 4.13. The minimum atomic E-state index is 1.12. The minimum absolute atomic E-state index is 1.12. The van der Waals surface area contributed by atoms with E-state index >= 15 is 0 Å². The van der Waals surface area contributed by atoms with Crippen LogP contribution in [0.3, 0.4) is 0 Å². The summed E-state index contributed by atoms with van der Waals surface area (Å²) >= 11 is 1.73. The highest BCUT2D eigenvalue weighted by molar-refractivity contribution is 7.98. The Bertz CT molecular complexity index is 198. The molecule has 0 saturated carbocycles. The van der Waals surface area contributed by atoms with E-state index in [9.17, 15) is 0 Å². The molecule has 1 heterocycles. The van der Waals surface area contributed by atoms with Crippen molar-refractivity contribution in [1.82, 2.24) is 4.98 Å². The number of thioether (sulfide) groups is 1. The monoisotopic (exact) mass is 139 g/mol. The van der Waals surface area contributed by atoms with Crippen molar-refractivity contribution in [3.05, 3.63) is 24.0 Å². The summed E-state index contributed by atoms with van der Waals surface area (Å²) in [5, 5.41) is 0. The Balaban J connectivity index is 3.01. The minimum Gasteiger partial charge on any atom is -0.260 e. The largest absolute Gasteiger partial charge is 0.260 e. The van der Waals surface area contributed by atoms with E-state index in [1.165, 1.54) is 4.90 Å². The lowest BCUT2D eigenvalue weighted by Crippen LogP contribution is -1.80. The van der Waals surface area contributed by atoms with Gasteiger partial charge in [-0.05, 0) is 25.3 Å². The van der Waals surface area contributed by atoms with Crippen LogP contribution in [0.15, 0.2) is 23.2 Å². The van der Waals surface area contributed by atoms with Crippen LogP contribution in [-0.4, -0.2) is 11.2 Å². The van der Waals surface area contributed by atoms with E-state index in [-0.39, 0.29) is 0 Å². The summed E-state index contributed by atoms with van der Waals surface area (Å²) in [6, 6.07) is 4.03. The molecule has 1 aromatic rings. The fourth-order valence-electron chi connectivity index (χ4n) is 0.685. The number of nitrogens with zero attached hydrogens (tertiary/aromatic N) is 1. The molecule has 0 unspecified atom stereocenters. The van der Waals surface area contributed by atoms with E-state index in [0.29, 0.717) is 0 Å². The molecular weight excluding hydrogens is 130 g/mol. The highest BCUT2D eigenvalue weighted by Crippen LogP contribution is 2.15. The number of aromatic nitrogens is 1. The number of rotatable bonds is 1. The van der Waals surface area contributed by atoms with E-state index in [2.05, 4.69) is 17.3 Å². The van der Waals surface area contributed by atoms with Crippen LogP contribution in [0.25, 0.3) is 0 Å². The van der Waals surface area contributed by atoms with Crippen LogP contribution < -0.4 is 0 Å². The highest BCUT2D eigenvalue weighted by atomic mass is 32.2. The van der Waals surface area contributed by atoms with Crippen molar-refractivity contribution in [3.8, 4) is 0 Å². The molecule has 1 rings (SSSR count). The summed E-state index contributed by atoms with van der Waals surface area (Å²) in [7, 11) is 0. The molecule has 0 N–H and O–H groups in total. The van der Waals surface area contributed by atoms with Gasteiger partial charge in [0.05, 0.1) is 5.69 Å². The van der Waals surface area contributed by atoms with E-state index in [1.54, 1.807) is 11.8 Å². The second-order valence-corrected chi connectivity index (χ2v) is 2.64. The molecule has 48 valence electrons. The van der Waals surface area contributed by atoms with Gasteiger partial charge in [0.1, 0.15) is 0 Å². The van der Waals surface area contributed by atoms with Gasteiger partial charge in [-0.2, -0.15) is 0 Å². The molecule has 0 saturated heterocycles. The average Bonchev–Trinajstić information content (AvgIpc) is 1.89. The second-order valence-electron chi connectivity index (χ2n) is 1.79. The van der Waals surface area contributed by atoms with Gasteiger partial charge >= 0.3 is 0 Å². The van der Waals surface area contributed by atoms with E-state index < -0.39 is 0 Å². The normalized spacial score (nSPS) is 9.56. The first kappa shape index (κ1) is 6.62. The zero-order valence-corrected chi connectivity index (χ0v) is 6.40. The molecule has 0 atom stereocenters. The molecule has 0 radical (unpaired) electrons. The van der Waals surface area contributed by atoms with Gasteiger partial charge in [0.25, 0.3) is 0 Å². The van der Waals surface area contributed by atoms with E-state index in [0.717, 1.165) is 5.69 Å². The molecule has 0 fully saturated rings. The molecule has 0 aromatic carbocycles. The molecule has 0 spiro atoms.